The summed E-state index contributed by atoms with van der Waals surface area (Å²) in [6.45, 7) is 7.88. The molecule has 1 aliphatic heterocycles. The minimum absolute atomic E-state index is 0.0903. The molecule has 1 saturated heterocycles. The molecule has 2 rings (SSSR count). The zero-order chi connectivity index (χ0) is 13.8. The smallest absolute Gasteiger partial charge is 0.126 e. The van der Waals surface area contributed by atoms with Gasteiger partial charge in [0.1, 0.15) is 5.82 Å². The first-order valence-electron chi connectivity index (χ1n) is 7.24. The number of hydrogen-bond donors (Lipinski definition) is 1. The van der Waals surface area contributed by atoms with Crippen molar-refractivity contribution < 1.29 is 9.13 Å². The lowest BCUT2D eigenvalue weighted by Gasteiger charge is -2.28. The van der Waals surface area contributed by atoms with Crippen LogP contribution in [0.5, 0.6) is 0 Å². The highest BCUT2D eigenvalue weighted by Gasteiger charge is 2.32. The van der Waals surface area contributed by atoms with Crippen LogP contribution in [-0.2, 0) is 4.74 Å². The molecule has 1 fully saturated rings. The molecule has 0 aliphatic carbocycles. The second-order valence-electron chi connectivity index (χ2n) is 5.54. The van der Waals surface area contributed by atoms with E-state index in [1.807, 2.05) is 12.1 Å². The molecule has 1 aromatic carbocycles. The number of halogens is 1. The first-order valence-corrected chi connectivity index (χ1v) is 7.24. The van der Waals surface area contributed by atoms with Crippen LogP contribution in [0, 0.1) is 18.7 Å². The molecule has 0 aromatic heterocycles. The molecule has 3 atom stereocenters. The van der Waals surface area contributed by atoms with Gasteiger partial charge in [0.2, 0.25) is 0 Å². The first-order chi connectivity index (χ1) is 9.13. The summed E-state index contributed by atoms with van der Waals surface area (Å²) >= 11 is 0. The van der Waals surface area contributed by atoms with E-state index in [4.69, 9.17) is 4.74 Å². The summed E-state index contributed by atoms with van der Waals surface area (Å²) in [5.41, 5.74) is 1.69. The van der Waals surface area contributed by atoms with E-state index in [1.165, 1.54) is 0 Å². The van der Waals surface area contributed by atoms with Crippen molar-refractivity contribution in [2.24, 2.45) is 5.92 Å². The monoisotopic (exact) mass is 265 g/mol. The van der Waals surface area contributed by atoms with E-state index in [1.54, 1.807) is 13.0 Å². The maximum absolute atomic E-state index is 13.8. The van der Waals surface area contributed by atoms with Crippen LogP contribution in [0.3, 0.4) is 0 Å². The van der Waals surface area contributed by atoms with Crippen molar-refractivity contribution in [1.82, 2.24) is 5.32 Å². The van der Waals surface area contributed by atoms with Gasteiger partial charge in [0.15, 0.2) is 0 Å². The van der Waals surface area contributed by atoms with Crippen molar-refractivity contribution in [3.05, 3.63) is 35.1 Å². The third-order valence-electron chi connectivity index (χ3n) is 3.94. The highest BCUT2D eigenvalue weighted by molar-refractivity contribution is 5.27. The van der Waals surface area contributed by atoms with E-state index in [-0.39, 0.29) is 18.0 Å². The summed E-state index contributed by atoms with van der Waals surface area (Å²) in [5.74, 6) is 0.380. The van der Waals surface area contributed by atoms with E-state index in [2.05, 4.69) is 19.2 Å². The molecule has 1 heterocycles. The largest absolute Gasteiger partial charge is 0.376 e. The van der Waals surface area contributed by atoms with Gasteiger partial charge in [-0.15, -0.1) is 0 Å². The molecule has 0 spiro atoms. The highest BCUT2D eigenvalue weighted by Crippen LogP contribution is 2.31. The lowest BCUT2D eigenvalue weighted by Crippen LogP contribution is -2.35. The van der Waals surface area contributed by atoms with Gasteiger partial charge in [0, 0.05) is 6.61 Å². The van der Waals surface area contributed by atoms with Gasteiger partial charge in [0.05, 0.1) is 12.1 Å². The van der Waals surface area contributed by atoms with Crippen molar-refractivity contribution in [2.45, 2.75) is 45.8 Å². The molecule has 1 N–H and O–H groups in total. The van der Waals surface area contributed by atoms with Gasteiger partial charge in [0.25, 0.3) is 0 Å². The Labute approximate surface area is 115 Å². The molecule has 0 radical (unpaired) electrons. The van der Waals surface area contributed by atoms with E-state index < -0.39 is 0 Å². The molecule has 0 amide bonds. The molecule has 106 valence electrons. The summed E-state index contributed by atoms with van der Waals surface area (Å²) < 4.78 is 19.6. The van der Waals surface area contributed by atoms with Crippen LogP contribution in [0.2, 0.25) is 0 Å². The second-order valence-corrected chi connectivity index (χ2v) is 5.54. The summed E-state index contributed by atoms with van der Waals surface area (Å²) in [6, 6.07) is 5.61. The standard InChI is InChI=1S/C16H24FNO/c1-4-8-18-15(16-12(3)7-9-19-16)13-6-5-11(2)14(17)10-13/h5-6,10,12,15-16,18H,4,7-9H2,1-3H3. The Kier molecular flexibility index (Phi) is 4.94. The molecule has 0 bridgehead atoms. The number of benzene rings is 1. The maximum atomic E-state index is 13.8. The normalized spacial score (nSPS) is 24.6. The Hall–Kier alpha value is -0.930. The molecule has 3 heteroatoms. The van der Waals surface area contributed by atoms with Crippen LogP contribution in [0.1, 0.15) is 43.9 Å². The minimum atomic E-state index is -0.133. The predicted molar refractivity (Wildman–Crippen MR) is 75.7 cm³/mol. The lowest BCUT2D eigenvalue weighted by atomic mass is 9.92. The SMILES string of the molecule is CCCNC(c1ccc(C)c(F)c1)C1OCCC1C. The topological polar surface area (TPSA) is 21.3 Å². The van der Waals surface area contributed by atoms with Crippen LogP contribution in [-0.4, -0.2) is 19.3 Å². The van der Waals surface area contributed by atoms with Gasteiger partial charge in [-0.25, -0.2) is 4.39 Å². The number of rotatable bonds is 5. The highest BCUT2D eigenvalue weighted by atomic mass is 19.1. The molecule has 2 nitrogen and oxygen atoms in total. The summed E-state index contributed by atoms with van der Waals surface area (Å²) in [4.78, 5) is 0. The summed E-state index contributed by atoms with van der Waals surface area (Å²) in [7, 11) is 0. The fraction of sp³-hybridized carbons (Fsp3) is 0.625. The number of aryl methyl sites for hydroxylation is 1. The number of hydrogen-bond acceptors (Lipinski definition) is 2. The van der Waals surface area contributed by atoms with Gasteiger partial charge in [-0.1, -0.05) is 26.0 Å². The Bertz CT molecular complexity index is 421. The average Bonchev–Trinajstić information content (AvgIpc) is 2.80. The van der Waals surface area contributed by atoms with Gasteiger partial charge in [-0.3, -0.25) is 0 Å². The van der Waals surface area contributed by atoms with Crippen molar-refractivity contribution in [2.75, 3.05) is 13.2 Å². The van der Waals surface area contributed by atoms with E-state index >= 15 is 0 Å². The molecule has 1 aliphatic rings. The van der Waals surface area contributed by atoms with Crippen molar-refractivity contribution in [3.8, 4) is 0 Å². The first kappa shape index (κ1) is 14.5. The van der Waals surface area contributed by atoms with Crippen LogP contribution in [0.25, 0.3) is 0 Å². The van der Waals surface area contributed by atoms with Gasteiger partial charge in [-0.2, -0.15) is 0 Å². The van der Waals surface area contributed by atoms with Crippen LogP contribution in [0.4, 0.5) is 4.39 Å². The minimum Gasteiger partial charge on any atom is -0.376 e. The summed E-state index contributed by atoms with van der Waals surface area (Å²) in [6.07, 6.45) is 2.29. The molecule has 3 unspecified atom stereocenters. The van der Waals surface area contributed by atoms with Crippen LogP contribution >= 0.6 is 0 Å². The Morgan fingerprint density at radius 3 is 2.84 bits per heavy atom. The fourth-order valence-corrected chi connectivity index (χ4v) is 2.67. The van der Waals surface area contributed by atoms with E-state index in [0.717, 1.165) is 31.6 Å². The van der Waals surface area contributed by atoms with E-state index in [0.29, 0.717) is 11.5 Å². The van der Waals surface area contributed by atoms with Gasteiger partial charge < -0.3 is 10.1 Å². The quantitative estimate of drug-likeness (QED) is 0.878. The average molecular weight is 265 g/mol. The van der Waals surface area contributed by atoms with E-state index in [9.17, 15) is 4.39 Å². The molecule has 19 heavy (non-hydrogen) atoms. The van der Waals surface area contributed by atoms with Crippen molar-refractivity contribution in [3.63, 3.8) is 0 Å². The maximum Gasteiger partial charge on any atom is 0.126 e. The second kappa shape index (κ2) is 6.49. The van der Waals surface area contributed by atoms with Gasteiger partial charge in [-0.05, 0) is 49.4 Å². The Morgan fingerprint density at radius 1 is 1.47 bits per heavy atom. The molecule has 0 saturated carbocycles. The zero-order valence-electron chi connectivity index (χ0n) is 12.1. The summed E-state index contributed by atoms with van der Waals surface area (Å²) in [5, 5.41) is 3.51. The van der Waals surface area contributed by atoms with Crippen molar-refractivity contribution in [1.29, 1.82) is 0 Å². The van der Waals surface area contributed by atoms with Crippen LogP contribution in [0.15, 0.2) is 18.2 Å². The number of nitrogens with one attached hydrogen (secondary N) is 1. The van der Waals surface area contributed by atoms with Gasteiger partial charge >= 0.3 is 0 Å². The zero-order valence-corrected chi connectivity index (χ0v) is 12.1. The lowest BCUT2D eigenvalue weighted by molar-refractivity contribution is 0.0606. The molecule has 1 aromatic rings. The Morgan fingerprint density at radius 2 is 2.26 bits per heavy atom. The third-order valence-corrected chi connectivity index (χ3v) is 3.94. The number of ether oxygens (including phenoxy) is 1. The molecular formula is C16H24FNO. The Balaban J connectivity index is 2.22. The third kappa shape index (κ3) is 3.34. The van der Waals surface area contributed by atoms with Crippen LogP contribution < -0.4 is 5.32 Å². The van der Waals surface area contributed by atoms with Crippen molar-refractivity contribution >= 4 is 0 Å². The fourth-order valence-electron chi connectivity index (χ4n) is 2.67. The molecular weight excluding hydrogens is 241 g/mol. The predicted octanol–water partition coefficient (Wildman–Crippen LogP) is 3.60.